The molecule has 20 heavy (non-hydrogen) atoms. The summed E-state index contributed by atoms with van der Waals surface area (Å²) in [5.41, 5.74) is 3.15. The first-order chi connectivity index (χ1) is 9.65. The molecule has 0 radical (unpaired) electrons. The number of aliphatic hydroxyl groups excluding tert-OH is 1. The summed E-state index contributed by atoms with van der Waals surface area (Å²) in [6.07, 6.45) is -0.621. The third kappa shape index (κ3) is 5.09. The van der Waals surface area contributed by atoms with E-state index in [-0.39, 0.29) is 6.61 Å². The summed E-state index contributed by atoms with van der Waals surface area (Å²) in [6, 6.07) is 4.99. The molecule has 1 atom stereocenters. The Morgan fingerprint density at radius 2 is 2.10 bits per heavy atom. The van der Waals surface area contributed by atoms with Crippen molar-refractivity contribution in [2.75, 3.05) is 39.5 Å². The molecule has 1 aromatic carbocycles. The molecule has 2 N–H and O–H groups in total. The minimum absolute atomic E-state index is 0.165. The van der Waals surface area contributed by atoms with Crippen LogP contribution < -0.4 is 10.2 Å². The van der Waals surface area contributed by atoms with Crippen LogP contribution in [0.5, 0.6) is 5.75 Å². The van der Waals surface area contributed by atoms with Gasteiger partial charge in [0.05, 0.1) is 18.2 Å². The van der Waals surface area contributed by atoms with Crippen LogP contribution in [0, 0.1) is 0 Å². The summed E-state index contributed by atoms with van der Waals surface area (Å²) >= 11 is 11.8. The summed E-state index contributed by atoms with van der Waals surface area (Å²) in [6.45, 7) is 3.64. The van der Waals surface area contributed by atoms with Crippen molar-refractivity contribution in [2.24, 2.45) is 0 Å². The number of hydrogen-bond donors (Lipinski definition) is 2. The molecule has 5 nitrogen and oxygen atoms in total. The lowest BCUT2D eigenvalue weighted by Crippen LogP contribution is -2.48. The van der Waals surface area contributed by atoms with Crippen molar-refractivity contribution < 1.29 is 14.6 Å². The molecule has 1 unspecified atom stereocenters. The van der Waals surface area contributed by atoms with Crippen molar-refractivity contribution in [3.8, 4) is 5.75 Å². The van der Waals surface area contributed by atoms with Crippen molar-refractivity contribution in [3.63, 3.8) is 0 Å². The first kappa shape index (κ1) is 15.8. The molecule has 0 spiro atoms. The fourth-order valence-corrected chi connectivity index (χ4v) is 2.26. The van der Waals surface area contributed by atoms with Crippen molar-refractivity contribution in [3.05, 3.63) is 28.2 Å². The molecule has 1 fully saturated rings. The summed E-state index contributed by atoms with van der Waals surface area (Å²) in [7, 11) is 0. The van der Waals surface area contributed by atoms with Gasteiger partial charge in [-0.1, -0.05) is 23.2 Å². The van der Waals surface area contributed by atoms with Crippen molar-refractivity contribution in [1.29, 1.82) is 0 Å². The Kier molecular flexibility index (Phi) is 6.35. The van der Waals surface area contributed by atoms with E-state index in [0.717, 1.165) is 13.1 Å². The molecule has 0 aliphatic carbocycles. The predicted octanol–water partition coefficient (Wildman–Crippen LogP) is 1.57. The second kappa shape index (κ2) is 8.02. The third-order valence-electron chi connectivity index (χ3n) is 2.89. The number of morpholine rings is 1. The van der Waals surface area contributed by atoms with Gasteiger partial charge in [-0.15, -0.1) is 0 Å². The second-order valence-electron chi connectivity index (χ2n) is 4.50. The molecule has 1 saturated heterocycles. The van der Waals surface area contributed by atoms with E-state index >= 15 is 0 Å². The number of aliphatic hydroxyl groups is 1. The lowest BCUT2D eigenvalue weighted by molar-refractivity contribution is -0.000786. The predicted molar refractivity (Wildman–Crippen MR) is 78.4 cm³/mol. The van der Waals surface area contributed by atoms with E-state index in [1.54, 1.807) is 18.2 Å². The highest BCUT2D eigenvalue weighted by Gasteiger charge is 2.12. The van der Waals surface area contributed by atoms with Crippen molar-refractivity contribution in [1.82, 2.24) is 10.4 Å². The Hall–Kier alpha value is -0.560. The highest BCUT2D eigenvalue weighted by atomic mass is 35.5. The van der Waals surface area contributed by atoms with E-state index in [2.05, 4.69) is 5.43 Å². The van der Waals surface area contributed by atoms with Gasteiger partial charge in [-0.3, -0.25) is 5.43 Å². The molecule has 1 aliphatic heterocycles. The van der Waals surface area contributed by atoms with Gasteiger partial charge in [0.2, 0.25) is 0 Å². The van der Waals surface area contributed by atoms with E-state index < -0.39 is 6.10 Å². The summed E-state index contributed by atoms with van der Waals surface area (Å²) in [4.78, 5) is 0. The zero-order valence-corrected chi connectivity index (χ0v) is 12.5. The van der Waals surface area contributed by atoms with E-state index in [1.807, 2.05) is 5.01 Å². The zero-order valence-electron chi connectivity index (χ0n) is 11.0. The average Bonchev–Trinajstić information content (AvgIpc) is 2.45. The molecular weight excluding hydrogens is 303 g/mol. The third-order valence-corrected chi connectivity index (χ3v) is 3.42. The summed E-state index contributed by atoms with van der Waals surface area (Å²) < 4.78 is 10.7. The van der Waals surface area contributed by atoms with Gasteiger partial charge in [-0.2, -0.15) is 0 Å². The maximum atomic E-state index is 9.87. The first-order valence-corrected chi connectivity index (χ1v) is 7.23. The maximum Gasteiger partial charge on any atom is 0.138 e. The second-order valence-corrected chi connectivity index (χ2v) is 5.34. The Morgan fingerprint density at radius 3 is 2.80 bits per heavy atom. The van der Waals surface area contributed by atoms with E-state index in [4.69, 9.17) is 32.7 Å². The minimum atomic E-state index is -0.621. The molecule has 1 aliphatic rings. The van der Waals surface area contributed by atoms with E-state index in [0.29, 0.717) is 35.6 Å². The van der Waals surface area contributed by atoms with E-state index in [1.165, 1.54) is 0 Å². The Balaban J connectivity index is 1.70. The molecule has 7 heteroatoms. The van der Waals surface area contributed by atoms with E-state index in [9.17, 15) is 5.11 Å². The number of benzene rings is 1. The molecule has 2 rings (SSSR count). The molecule has 1 heterocycles. The fraction of sp³-hybridized carbons (Fsp3) is 0.538. The van der Waals surface area contributed by atoms with Gasteiger partial charge in [0.1, 0.15) is 18.5 Å². The van der Waals surface area contributed by atoms with Crippen LogP contribution in [0.3, 0.4) is 0 Å². The minimum Gasteiger partial charge on any atom is -0.489 e. The molecular formula is C13H18Cl2N2O3. The monoisotopic (exact) mass is 320 g/mol. The molecule has 1 aromatic rings. The Bertz CT molecular complexity index is 428. The lowest BCUT2D eigenvalue weighted by atomic mass is 10.3. The number of rotatable bonds is 6. The van der Waals surface area contributed by atoms with Gasteiger partial charge in [0.25, 0.3) is 0 Å². The lowest BCUT2D eigenvalue weighted by Gasteiger charge is -2.28. The van der Waals surface area contributed by atoms with Crippen molar-refractivity contribution in [2.45, 2.75) is 6.10 Å². The Morgan fingerprint density at radius 1 is 1.35 bits per heavy atom. The highest BCUT2D eigenvalue weighted by molar-refractivity contribution is 6.35. The topological polar surface area (TPSA) is 54.0 Å². The quantitative estimate of drug-likeness (QED) is 0.833. The largest absolute Gasteiger partial charge is 0.489 e. The standard InChI is InChI=1S/C13H18Cl2N2O3/c14-10-1-2-13(12(15)7-10)20-9-11(18)8-16-17-3-5-19-6-4-17/h1-2,7,11,16,18H,3-6,8-9H2. The van der Waals surface area contributed by atoms with Crippen molar-refractivity contribution >= 4 is 23.2 Å². The van der Waals surface area contributed by atoms with Gasteiger partial charge in [0, 0.05) is 24.7 Å². The molecule has 0 bridgehead atoms. The molecule has 0 saturated carbocycles. The molecule has 0 aromatic heterocycles. The van der Waals surface area contributed by atoms with Gasteiger partial charge in [0.15, 0.2) is 0 Å². The van der Waals surface area contributed by atoms with Crippen LogP contribution in [0.1, 0.15) is 0 Å². The van der Waals surface area contributed by atoms with Crippen LogP contribution >= 0.6 is 23.2 Å². The van der Waals surface area contributed by atoms with Gasteiger partial charge in [-0.05, 0) is 18.2 Å². The van der Waals surface area contributed by atoms with Gasteiger partial charge >= 0.3 is 0 Å². The highest BCUT2D eigenvalue weighted by Crippen LogP contribution is 2.27. The normalized spacial score (nSPS) is 17.9. The number of nitrogens with zero attached hydrogens (tertiary/aromatic N) is 1. The number of nitrogens with one attached hydrogen (secondary N) is 1. The average molecular weight is 321 g/mol. The van der Waals surface area contributed by atoms with Crippen LogP contribution in [-0.2, 0) is 4.74 Å². The van der Waals surface area contributed by atoms with Gasteiger partial charge < -0.3 is 14.6 Å². The smallest absolute Gasteiger partial charge is 0.138 e. The van der Waals surface area contributed by atoms with Crippen LogP contribution in [0.15, 0.2) is 18.2 Å². The summed E-state index contributed by atoms with van der Waals surface area (Å²) in [5, 5.41) is 12.9. The number of hydrogen-bond acceptors (Lipinski definition) is 5. The first-order valence-electron chi connectivity index (χ1n) is 6.47. The van der Waals surface area contributed by atoms with Crippen LogP contribution in [0.25, 0.3) is 0 Å². The fourth-order valence-electron chi connectivity index (χ4n) is 1.79. The summed E-state index contributed by atoms with van der Waals surface area (Å²) in [5.74, 6) is 0.515. The number of hydrazine groups is 1. The molecule has 0 amide bonds. The van der Waals surface area contributed by atoms with Gasteiger partial charge in [-0.25, -0.2) is 5.01 Å². The number of halogens is 2. The van der Waals surface area contributed by atoms with Crippen LogP contribution in [0.4, 0.5) is 0 Å². The maximum absolute atomic E-state index is 9.87. The Labute approximate surface area is 128 Å². The zero-order chi connectivity index (χ0) is 14.4. The van der Waals surface area contributed by atoms with Crippen LogP contribution in [-0.4, -0.2) is 55.7 Å². The van der Waals surface area contributed by atoms with Crippen LogP contribution in [0.2, 0.25) is 10.0 Å². The SMILES string of the molecule is OC(CNN1CCOCC1)COc1ccc(Cl)cc1Cl. The number of ether oxygens (including phenoxy) is 2. The molecule has 112 valence electrons.